The van der Waals surface area contributed by atoms with Gasteiger partial charge in [-0.05, 0) is 195 Å². The van der Waals surface area contributed by atoms with E-state index in [9.17, 15) is 10.2 Å². The maximum Gasteiger partial charge on any atom is 0.119 e. The van der Waals surface area contributed by atoms with Crippen molar-refractivity contribution < 1.29 is 19.7 Å². The zero-order valence-electron chi connectivity index (χ0n) is 40.6. The Balaban J connectivity index is 0.715. The Labute approximate surface area is 430 Å². The number of hydrogen-bond donors (Lipinski definition) is 2. The van der Waals surface area contributed by atoms with Crippen LogP contribution in [0.5, 0.6) is 23.0 Å². The molecule has 0 radical (unpaired) electrons. The normalized spacial score (nSPS) is 13.7. The average molecular weight is 955 g/mol. The second kappa shape index (κ2) is 17.3. The summed E-state index contributed by atoms with van der Waals surface area (Å²) in [5.41, 5.74) is 13.7. The molecule has 4 nitrogen and oxygen atoms in total. The molecule has 0 aliphatic heterocycles. The van der Waals surface area contributed by atoms with E-state index in [0.29, 0.717) is 13.2 Å². The highest BCUT2D eigenvalue weighted by Gasteiger charge is 2.47. The summed E-state index contributed by atoms with van der Waals surface area (Å²) in [6.45, 7) is 1.15. The van der Waals surface area contributed by atoms with Crippen molar-refractivity contribution in [2.45, 2.75) is 23.7 Å². The van der Waals surface area contributed by atoms with Gasteiger partial charge in [0.25, 0.3) is 0 Å². The van der Waals surface area contributed by atoms with Crippen LogP contribution in [-0.2, 0) is 10.8 Å². The van der Waals surface area contributed by atoms with Crippen LogP contribution in [0.3, 0.4) is 0 Å². The van der Waals surface area contributed by atoms with Crippen LogP contribution in [0.15, 0.2) is 243 Å². The molecular weight excluding hydrogens is 905 g/mol. The lowest BCUT2D eigenvalue weighted by Crippen LogP contribution is -2.28. The quantitative estimate of drug-likeness (QED) is 0.127. The van der Waals surface area contributed by atoms with E-state index in [4.69, 9.17) is 9.47 Å². The van der Waals surface area contributed by atoms with E-state index >= 15 is 0 Å². The van der Waals surface area contributed by atoms with Crippen LogP contribution in [0.25, 0.3) is 65.3 Å². The van der Waals surface area contributed by atoms with E-state index < -0.39 is 10.8 Å². The molecule has 2 aliphatic rings. The summed E-state index contributed by atoms with van der Waals surface area (Å²) in [5, 5.41) is 29.3. The van der Waals surface area contributed by atoms with Crippen LogP contribution in [-0.4, -0.2) is 23.4 Å². The number of rotatable bonds is 11. The summed E-state index contributed by atoms with van der Waals surface area (Å²) in [4.78, 5) is 0. The van der Waals surface area contributed by atoms with Gasteiger partial charge in [0.05, 0.1) is 24.0 Å². The summed E-state index contributed by atoms with van der Waals surface area (Å²) in [6, 6.07) is 86.5. The molecule has 0 saturated heterocycles. The van der Waals surface area contributed by atoms with E-state index in [1.54, 1.807) is 12.1 Å². The van der Waals surface area contributed by atoms with Gasteiger partial charge in [0, 0.05) is 0 Å². The average Bonchev–Trinajstić information content (AvgIpc) is 3.92. The number of fused-ring (bicyclic) bond motifs is 10. The first-order valence-electron chi connectivity index (χ1n) is 25.6. The van der Waals surface area contributed by atoms with Crippen molar-refractivity contribution in [1.29, 1.82) is 0 Å². The second-order valence-electron chi connectivity index (χ2n) is 20.0. The van der Waals surface area contributed by atoms with Gasteiger partial charge in [-0.2, -0.15) is 0 Å². The summed E-state index contributed by atoms with van der Waals surface area (Å²) in [7, 11) is 0. The molecule has 12 aromatic carbocycles. The summed E-state index contributed by atoms with van der Waals surface area (Å²) < 4.78 is 12.9. The summed E-state index contributed by atoms with van der Waals surface area (Å²) in [5.74, 6) is 2.23. The molecule has 0 heterocycles. The maximum atomic E-state index is 10.3. The minimum absolute atomic E-state index is 0.267. The zero-order chi connectivity index (χ0) is 49.4. The highest BCUT2D eigenvalue weighted by atomic mass is 16.5. The van der Waals surface area contributed by atoms with E-state index in [2.05, 4.69) is 206 Å². The van der Waals surface area contributed by atoms with Gasteiger partial charge in [-0.15, -0.1) is 0 Å². The van der Waals surface area contributed by atoms with Crippen LogP contribution in [0.1, 0.15) is 57.3 Å². The molecule has 74 heavy (non-hydrogen) atoms. The largest absolute Gasteiger partial charge is 0.508 e. The molecule has 0 amide bonds. The number of phenols is 2. The van der Waals surface area contributed by atoms with Crippen molar-refractivity contribution in [3.63, 3.8) is 0 Å². The SMILES string of the molecule is Oc1ccc2cc(C3(c4ccc5ccc(OCCCCOc6ccc7ccc(C8(c9ccc%10cc(O)ccc%10c9)c9ccccc9-c9ccccc98)cc7c6)cc5c4)c4ccccc4-c4ccccc43)ccc2c1. The minimum Gasteiger partial charge on any atom is -0.508 e. The third-order valence-electron chi connectivity index (χ3n) is 16.0. The lowest BCUT2D eigenvalue weighted by atomic mass is 9.67. The number of benzene rings is 12. The Kier molecular flexibility index (Phi) is 10.2. The number of unbranched alkanes of at least 4 members (excludes halogenated alkanes) is 1. The predicted octanol–water partition coefficient (Wildman–Crippen LogP) is 16.7. The molecule has 0 unspecified atom stereocenters. The molecule has 2 aliphatic carbocycles. The summed E-state index contributed by atoms with van der Waals surface area (Å²) >= 11 is 0. The Bertz CT molecular complexity index is 3840. The molecule has 0 spiro atoms. The molecule has 2 N–H and O–H groups in total. The van der Waals surface area contributed by atoms with Crippen LogP contribution in [0.2, 0.25) is 0 Å². The Morgan fingerprint density at radius 3 is 0.946 bits per heavy atom. The zero-order valence-corrected chi connectivity index (χ0v) is 40.6. The van der Waals surface area contributed by atoms with E-state index in [1.165, 1.54) is 66.8 Å². The monoisotopic (exact) mass is 954 g/mol. The van der Waals surface area contributed by atoms with Crippen LogP contribution in [0, 0.1) is 0 Å². The van der Waals surface area contributed by atoms with Gasteiger partial charge in [0.1, 0.15) is 23.0 Å². The number of hydrogen-bond acceptors (Lipinski definition) is 4. The molecule has 4 heteroatoms. The molecule has 0 saturated carbocycles. The number of aromatic hydroxyl groups is 2. The Hall–Kier alpha value is -9.12. The van der Waals surface area contributed by atoms with Crippen LogP contribution >= 0.6 is 0 Å². The van der Waals surface area contributed by atoms with Gasteiger partial charge in [0.2, 0.25) is 0 Å². The molecule has 354 valence electrons. The fourth-order valence-electron chi connectivity index (χ4n) is 12.7. The standard InChI is InChI=1S/C70H50O4/c71-57-31-23-47-37-53(29-21-49(47)41-57)69(65-15-5-1-11-61(65)62-12-2-6-16-66(62)69)55-27-19-45-25-33-59(43-51(45)39-55)73-35-9-10-36-74-60-34-26-46-20-28-56(40-52(46)44-60)70(54-30-22-50-42-58(72)32-24-48(50)38-54)67-17-7-3-13-63(67)64-14-4-8-18-68(64)70/h1-8,11-34,37-44,71-72H,9-10,35-36H2. The molecule has 0 aromatic heterocycles. The maximum absolute atomic E-state index is 10.3. The number of ether oxygens (including phenoxy) is 2. The fraction of sp³-hybridized carbons (Fsp3) is 0.0857. The van der Waals surface area contributed by atoms with Crippen molar-refractivity contribution in [1.82, 2.24) is 0 Å². The van der Waals surface area contributed by atoms with Gasteiger partial charge in [-0.25, -0.2) is 0 Å². The molecule has 12 aromatic rings. The topological polar surface area (TPSA) is 58.9 Å². The Morgan fingerprint density at radius 1 is 0.270 bits per heavy atom. The van der Waals surface area contributed by atoms with Crippen molar-refractivity contribution >= 4 is 43.1 Å². The first-order chi connectivity index (χ1) is 36.4. The van der Waals surface area contributed by atoms with E-state index in [1.807, 2.05) is 24.3 Å². The van der Waals surface area contributed by atoms with Gasteiger partial charge < -0.3 is 19.7 Å². The first kappa shape index (κ1) is 43.7. The highest BCUT2D eigenvalue weighted by molar-refractivity contribution is 5.94. The minimum atomic E-state index is -0.557. The van der Waals surface area contributed by atoms with Crippen molar-refractivity contribution in [3.05, 3.63) is 287 Å². The second-order valence-corrected chi connectivity index (χ2v) is 20.0. The predicted molar refractivity (Wildman–Crippen MR) is 301 cm³/mol. The van der Waals surface area contributed by atoms with Crippen molar-refractivity contribution in [3.8, 4) is 45.3 Å². The smallest absolute Gasteiger partial charge is 0.119 e. The van der Waals surface area contributed by atoms with Gasteiger partial charge in [-0.3, -0.25) is 0 Å². The Morgan fingerprint density at radius 2 is 0.568 bits per heavy atom. The van der Waals surface area contributed by atoms with E-state index in [-0.39, 0.29) is 11.5 Å². The van der Waals surface area contributed by atoms with Crippen LogP contribution < -0.4 is 9.47 Å². The third-order valence-corrected chi connectivity index (χ3v) is 16.0. The third kappa shape index (κ3) is 6.82. The lowest BCUT2D eigenvalue weighted by Gasteiger charge is -2.34. The van der Waals surface area contributed by atoms with Gasteiger partial charge >= 0.3 is 0 Å². The van der Waals surface area contributed by atoms with Crippen molar-refractivity contribution in [2.24, 2.45) is 0 Å². The van der Waals surface area contributed by atoms with Gasteiger partial charge in [-0.1, -0.05) is 170 Å². The molecule has 14 rings (SSSR count). The highest BCUT2D eigenvalue weighted by Crippen LogP contribution is 2.58. The molecule has 0 fully saturated rings. The molecular formula is C70H50O4. The van der Waals surface area contributed by atoms with E-state index in [0.717, 1.165) is 67.4 Å². The fourth-order valence-corrected chi connectivity index (χ4v) is 12.7. The summed E-state index contributed by atoms with van der Waals surface area (Å²) in [6.07, 6.45) is 1.69. The lowest BCUT2D eigenvalue weighted by molar-refractivity contribution is 0.267. The first-order valence-corrected chi connectivity index (χ1v) is 25.6. The van der Waals surface area contributed by atoms with Gasteiger partial charge in [0.15, 0.2) is 0 Å². The van der Waals surface area contributed by atoms with Crippen molar-refractivity contribution in [2.75, 3.05) is 13.2 Å². The number of phenolic OH excluding ortho intramolecular Hbond substituents is 2. The van der Waals surface area contributed by atoms with Crippen LogP contribution in [0.4, 0.5) is 0 Å². The molecule has 0 bridgehead atoms. The molecule has 0 atom stereocenters.